The Kier molecular flexibility index (Phi) is 4.41. The van der Waals surface area contributed by atoms with Gasteiger partial charge in [0.25, 0.3) is 0 Å². The molecule has 1 aromatic carbocycles. The summed E-state index contributed by atoms with van der Waals surface area (Å²) >= 11 is 0. The number of rotatable bonds is 5. The van der Waals surface area contributed by atoms with Crippen molar-refractivity contribution in [3.05, 3.63) is 35.9 Å². The number of benzene rings is 1. The first-order valence-corrected chi connectivity index (χ1v) is 4.83. The summed E-state index contributed by atoms with van der Waals surface area (Å²) in [6.45, 7) is 2.55. The molecule has 0 unspecified atom stereocenters. The van der Waals surface area contributed by atoms with Crippen LogP contribution in [0.4, 0.5) is 0 Å². The molecule has 0 radical (unpaired) electrons. The van der Waals surface area contributed by atoms with Crippen LogP contribution in [0, 0.1) is 0 Å². The number of carbonyl (C=O) groups is 1. The predicted octanol–water partition coefficient (Wildman–Crippen LogP) is 2.57. The first-order chi connectivity index (χ1) is 7.22. The van der Waals surface area contributed by atoms with Gasteiger partial charge in [-0.15, -0.1) is 0 Å². The molecule has 0 amide bonds. The second-order valence-electron chi connectivity index (χ2n) is 3.01. The summed E-state index contributed by atoms with van der Waals surface area (Å²) in [6, 6.07) is 7.53. The van der Waals surface area contributed by atoms with Gasteiger partial charge in [0.05, 0.1) is 13.0 Å². The predicted molar refractivity (Wildman–Crippen MR) is 58.9 cm³/mol. The summed E-state index contributed by atoms with van der Waals surface area (Å²) in [7, 11) is 0. The molecule has 0 aliphatic rings. The summed E-state index contributed by atoms with van der Waals surface area (Å²) in [5.41, 5.74) is 0.946. The van der Waals surface area contributed by atoms with Gasteiger partial charge in [0.2, 0.25) is 0 Å². The molecule has 0 saturated carbocycles. The zero-order chi connectivity index (χ0) is 11.1. The molecule has 0 heterocycles. The number of carboxylic acids is 1. The highest BCUT2D eigenvalue weighted by Crippen LogP contribution is 2.14. The van der Waals surface area contributed by atoms with E-state index in [1.54, 1.807) is 12.2 Å². The smallest absolute Gasteiger partial charge is 0.307 e. The Morgan fingerprint density at radius 3 is 3.00 bits per heavy atom. The van der Waals surface area contributed by atoms with Crippen LogP contribution in [-0.2, 0) is 4.79 Å². The van der Waals surface area contributed by atoms with E-state index in [1.165, 1.54) is 0 Å². The maximum atomic E-state index is 10.3. The number of aliphatic carboxylic acids is 1. The molecule has 3 nitrogen and oxygen atoms in total. The molecule has 1 N–H and O–H groups in total. The SMILES string of the molecule is CCOc1cccc(/C=C/CC(=O)O)c1. The van der Waals surface area contributed by atoms with E-state index in [4.69, 9.17) is 9.84 Å². The van der Waals surface area contributed by atoms with Crippen molar-refractivity contribution < 1.29 is 14.6 Å². The van der Waals surface area contributed by atoms with Crippen molar-refractivity contribution in [3.63, 3.8) is 0 Å². The summed E-state index contributed by atoms with van der Waals surface area (Å²) in [5, 5.41) is 8.45. The third kappa shape index (κ3) is 4.31. The standard InChI is InChI=1S/C12H14O3/c1-2-15-11-7-3-5-10(9-11)6-4-8-12(13)14/h3-7,9H,2,8H2,1H3,(H,13,14)/b6-4+. The third-order valence-corrected chi connectivity index (χ3v) is 1.77. The molecule has 0 spiro atoms. The van der Waals surface area contributed by atoms with Crippen LogP contribution in [0.5, 0.6) is 5.75 Å². The number of hydrogen-bond donors (Lipinski definition) is 1. The summed E-state index contributed by atoms with van der Waals surface area (Å²) in [6.07, 6.45) is 3.43. The van der Waals surface area contributed by atoms with Crippen LogP contribution in [0.1, 0.15) is 18.9 Å². The zero-order valence-corrected chi connectivity index (χ0v) is 8.64. The Hall–Kier alpha value is -1.77. The summed E-state index contributed by atoms with van der Waals surface area (Å²) in [4.78, 5) is 10.3. The largest absolute Gasteiger partial charge is 0.494 e. The normalized spacial score (nSPS) is 10.5. The number of ether oxygens (including phenoxy) is 1. The van der Waals surface area contributed by atoms with E-state index in [2.05, 4.69) is 0 Å². The van der Waals surface area contributed by atoms with Gasteiger partial charge in [-0.05, 0) is 24.6 Å². The lowest BCUT2D eigenvalue weighted by Gasteiger charge is -2.02. The lowest BCUT2D eigenvalue weighted by atomic mass is 10.2. The van der Waals surface area contributed by atoms with E-state index < -0.39 is 5.97 Å². The van der Waals surface area contributed by atoms with Crippen molar-refractivity contribution in [3.8, 4) is 5.75 Å². The zero-order valence-electron chi connectivity index (χ0n) is 8.64. The molecule has 3 heteroatoms. The lowest BCUT2D eigenvalue weighted by Crippen LogP contribution is -1.91. The van der Waals surface area contributed by atoms with Gasteiger partial charge >= 0.3 is 5.97 Å². The van der Waals surface area contributed by atoms with Crippen molar-refractivity contribution in [2.45, 2.75) is 13.3 Å². The van der Waals surface area contributed by atoms with Crippen LogP contribution in [-0.4, -0.2) is 17.7 Å². The van der Waals surface area contributed by atoms with Crippen LogP contribution < -0.4 is 4.74 Å². The maximum absolute atomic E-state index is 10.3. The Balaban J connectivity index is 2.64. The van der Waals surface area contributed by atoms with E-state index in [1.807, 2.05) is 31.2 Å². The average molecular weight is 206 g/mol. The van der Waals surface area contributed by atoms with Gasteiger partial charge in [-0.1, -0.05) is 24.3 Å². The molecule has 0 aromatic heterocycles. The molecule has 1 rings (SSSR count). The highest BCUT2D eigenvalue weighted by Gasteiger charge is 1.93. The van der Waals surface area contributed by atoms with Gasteiger partial charge in [-0.3, -0.25) is 4.79 Å². The first-order valence-electron chi connectivity index (χ1n) is 4.83. The molecular weight excluding hydrogens is 192 g/mol. The summed E-state index contributed by atoms with van der Waals surface area (Å²) in [5.74, 6) is -0.0258. The van der Waals surface area contributed by atoms with Crippen LogP contribution in [0.15, 0.2) is 30.3 Å². The fourth-order valence-electron chi connectivity index (χ4n) is 1.17. The molecular formula is C12H14O3. The minimum atomic E-state index is -0.827. The van der Waals surface area contributed by atoms with Gasteiger partial charge in [0.15, 0.2) is 0 Å². The average Bonchev–Trinajstić information content (AvgIpc) is 2.18. The quantitative estimate of drug-likeness (QED) is 0.805. The van der Waals surface area contributed by atoms with Crippen molar-refractivity contribution in [2.75, 3.05) is 6.61 Å². The molecule has 0 bridgehead atoms. The van der Waals surface area contributed by atoms with E-state index in [0.717, 1.165) is 11.3 Å². The molecule has 15 heavy (non-hydrogen) atoms. The molecule has 0 aliphatic carbocycles. The van der Waals surface area contributed by atoms with E-state index in [0.29, 0.717) is 6.61 Å². The van der Waals surface area contributed by atoms with E-state index >= 15 is 0 Å². The highest BCUT2D eigenvalue weighted by atomic mass is 16.5. The molecule has 0 fully saturated rings. The van der Waals surface area contributed by atoms with Crippen LogP contribution >= 0.6 is 0 Å². The van der Waals surface area contributed by atoms with Crippen molar-refractivity contribution in [1.82, 2.24) is 0 Å². The summed E-state index contributed by atoms with van der Waals surface area (Å²) < 4.78 is 5.32. The Morgan fingerprint density at radius 2 is 2.33 bits per heavy atom. The van der Waals surface area contributed by atoms with Gasteiger partial charge in [0.1, 0.15) is 5.75 Å². The molecule has 80 valence electrons. The molecule has 0 atom stereocenters. The second kappa shape index (κ2) is 5.86. The Bertz CT molecular complexity index is 356. The minimum Gasteiger partial charge on any atom is -0.494 e. The van der Waals surface area contributed by atoms with Gasteiger partial charge in [-0.25, -0.2) is 0 Å². The second-order valence-corrected chi connectivity index (χ2v) is 3.01. The van der Waals surface area contributed by atoms with Crippen molar-refractivity contribution in [1.29, 1.82) is 0 Å². The fraction of sp³-hybridized carbons (Fsp3) is 0.250. The Labute approximate surface area is 89.0 Å². The number of hydrogen-bond acceptors (Lipinski definition) is 2. The topological polar surface area (TPSA) is 46.5 Å². The minimum absolute atomic E-state index is 0.0405. The van der Waals surface area contributed by atoms with E-state index in [-0.39, 0.29) is 6.42 Å². The highest BCUT2D eigenvalue weighted by molar-refractivity contribution is 5.70. The van der Waals surface area contributed by atoms with Gasteiger partial charge in [-0.2, -0.15) is 0 Å². The Morgan fingerprint density at radius 1 is 1.53 bits per heavy atom. The van der Waals surface area contributed by atoms with Crippen LogP contribution in [0.2, 0.25) is 0 Å². The molecule has 0 saturated heterocycles. The van der Waals surface area contributed by atoms with Crippen LogP contribution in [0.3, 0.4) is 0 Å². The monoisotopic (exact) mass is 206 g/mol. The molecule has 0 aliphatic heterocycles. The van der Waals surface area contributed by atoms with Crippen LogP contribution in [0.25, 0.3) is 6.08 Å². The van der Waals surface area contributed by atoms with Gasteiger partial charge in [0, 0.05) is 0 Å². The maximum Gasteiger partial charge on any atom is 0.307 e. The van der Waals surface area contributed by atoms with Crippen molar-refractivity contribution in [2.24, 2.45) is 0 Å². The van der Waals surface area contributed by atoms with Gasteiger partial charge < -0.3 is 9.84 Å². The fourth-order valence-corrected chi connectivity index (χ4v) is 1.17. The third-order valence-electron chi connectivity index (χ3n) is 1.77. The molecule has 1 aromatic rings. The number of carboxylic acid groups (broad SMARTS) is 1. The lowest BCUT2D eigenvalue weighted by molar-refractivity contribution is -0.135. The van der Waals surface area contributed by atoms with Crippen molar-refractivity contribution >= 4 is 12.0 Å². The first kappa shape index (κ1) is 11.3. The van der Waals surface area contributed by atoms with E-state index in [9.17, 15) is 4.79 Å².